The SMILES string of the molecule is CCOC(=O)Cn1c(C(=O)N(C)c2nnc(C)n2-c2sc(C)cc2C(=O)c2ccccc2Cl)cc2ccccc21. The van der Waals surface area contributed by atoms with Crippen LogP contribution in [0.3, 0.4) is 0 Å². The molecule has 11 heteroatoms. The molecule has 0 fully saturated rings. The van der Waals surface area contributed by atoms with E-state index in [-0.39, 0.29) is 24.9 Å². The number of amides is 1. The number of hydrogen-bond donors (Lipinski definition) is 0. The fourth-order valence-corrected chi connectivity index (χ4v) is 5.85. The summed E-state index contributed by atoms with van der Waals surface area (Å²) in [5.41, 5.74) is 1.82. The summed E-state index contributed by atoms with van der Waals surface area (Å²) in [4.78, 5) is 42.2. The lowest BCUT2D eigenvalue weighted by molar-refractivity contribution is -0.143. The summed E-state index contributed by atoms with van der Waals surface area (Å²) in [5, 5.41) is 10.3. The van der Waals surface area contributed by atoms with Gasteiger partial charge in [0.15, 0.2) is 5.78 Å². The van der Waals surface area contributed by atoms with Gasteiger partial charge in [0.05, 0.1) is 17.2 Å². The number of halogens is 1. The number of nitrogens with zero attached hydrogens (tertiary/aromatic N) is 5. The number of aryl methyl sites for hydroxylation is 2. The third-order valence-corrected chi connectivity index (χ3v) is 7.80. The van der Waals surface area contributed by atoms with Gasteiger partial charge in [-0.1, -0.05) is 41.9 Å². The van der Waals surface area contributed by atoms with Crippen molar-refractivity contribution in [1.29, 1.82) is 0 Å². The van der Waals surface area contributed by atoms with Crippen LogP contribution in [0.1, 0.15) is 44.0 Å². The van der Waals surface area contributed by atoms with E-state index in [9.17, 15) is 14.4 Å². The van der Waals surface area contributed by atoms with Crippen LogP contribution in [0.5, 0.6) is 0 Å². The molecule has 204 valence electrons. The maximum atomic E-state index is 13.9. The van der Waals surface area contributed by atoms with Crippen LogP contribution in [0.15, 0.2) is 60.7 Å². The predicted molar refractivity (Wildman–Crippen MR) is 155 cm³/mol. The summed E-state index contributed by atoms with van der Waals surface area (Å²) < 4.78 is 8.49. The van der Waals surface area contributed by atoms with E-state index < -0.39 is 11.9 Å². The number of esters is 1. The largest absolute Gasteiger partial charge is 0.465 e. The minimum atomic E-state index is -0.448. The number of anilines is 1. The molecule has 1 amide bonds. The maximum Gasteiger partial charge on any atom is 0.325 e. The van der Waals surface area contributed by atoms with Gasteiger partial charge in [-0.15, -0.1) is 21.5 Å². The zero-order valence-corrected chi connectivity index (χ0v) is 23.9. The number of ketones is 1. The summed E-state index contributed by atoms with van der Waals surface area (Å²) in [6.07, 6.45) is 0. The smallest absolute Gasteiger partial charge is 0.325 e. The molecule has 0 spiro atoms. The Labute approximate surface area is 239 Å². The molecule has 0 aliphatic carbocycles. The third kappa shape index (κ3) is 4.91. The second-order valence-corrected chi connectivity index (χ2v) is 10.8. The Morgan fingerprint density at radius 1 is 1.00 bits per heavy atom. The Morgan fingerprint density at radius 3 is 2.48 bits per heavy atom. The molecule has 0 radical (unpaired) electrons. The summed E-state index contributed by atoms with van der Waals surface area (Å²) >= 11 is 7.73. The van der Waals surface area contributed by atoms with Crippen LogP contribution in [-0.2, 0) is 16.1 Å². The fourth-order valence-electron chi connectivity index (χ4n) is 4.58. The quantitative estimate of drug-likeness (QED) is 0.176. The molecule has 0 unspecified atom stereocenters. The molecule has 0 N–H and O–H groups in total. The van der Waals surface area contributed by atoms with E-state index >= 15 is 0 Å². The molecule has 3 heterocycles. The molecule has 0 aliphatic heterocycles. The maximum absolute atomic E-state index is 13.9. The van der Waals surface area contributed by atoms with Gasteiger partial charge in [-0.25, -0.2) is 0 Å². The van der Waals surface area contributed by atoms with E-state index in [1.54, 1.807) is 66.4 Å². The van der Waals surface area contributed by atoms with Crippen molar-refractivity contribution in [3.63, 3.8) is 0 Å². The Bertz CT molecular complexity index is 1770. The average molecular weight is 576 g/mol. The van der Waals surface area contributed by atoms with Crippen LogP contribution in [-0.4, -0.2) is 50.6 Å². The second-order valence-electron chi connectivity index (χ2n) is 9.11. The Balaban J connectivity index is 1.58. The molecule has 3 aromatic heterocycles. The fraction of sp³-hybridized carbons (Fsp3) is 0.207. The number of fused-ring (bicyclic) bond motifs is 1. The highest BCUT2D eigenvalue weighted by Gasteiger charge is 2.29. The van der Waals surface area contributed by atoms with Crippen molar-refractivity contribution in [3.8, 4) is 5.00 Å². The van der Waals surface area contributed by atoms with Crippen molar-refractivity contribution in [1.82, 2.24) is 19.3 Å². The number of carbonyl (C=O) groups is 3. The zero-order chi connectivity index (χ0) is 28.6. The summed E-state index contributed by atoms with van der Waals surface area (Å²) in [7, 11) is 1.59. The average Bonchev–Trinajstić information content (AvgIpc) is 3.62. The van der Waals surface area contributed by atoms with Crippen molar-refractivity contribution in [3.05, 3.63) is 93.2 Å². The molecule has 0 saturated carbocycles. The van der Waals surface area contributed by atoms with E-state index in [1.807, 2.05) is 31.2 Å². The van der Waals surface area contributed by atoms with Gasteiger partial charge >= 0.3 is 5.97 Å². The first-order valence-corrected chi connectivity index (χ1v) is 13.7. The topological polar surface area (TPSA) is 99.3 Å². The van der Waals surface area contributed by atoms with Gasteiger partial charge in [0, 0.05) is 28.4 Å². The van der Waals surface area contributed by atoms with Crippen LogP contribution < -0.4 is 4.90 Å². The number of rotatable bonds is 8. The van der Waals surface area contributed by atoms with Crippen molar-refractivity contribution in [2.45, 2.75) is 27.3 Å². The molecule has 2 aromatic carbocycles. The Kier molecular flexibility index (Phi) is 7.55. The first kappa shape index (κ1) is 27.3. The van der Waals surface area contributed by atoms with Gasteiger partial charge in [0.1, 0.15) is 23.1 Å². The number of carbonyl (C=O) groups excluding carboxylic acids is 3. The third-order valence-electron chi connectivity index (χ3n) is 6.44. The van der Waals surface area contributed by atoms with Gasteiger partial charge in [0.25, 0.3) is 5.91 Å². The zero-order valence-electron chi connectivity index (χ0n) is 22.3. The van der Waals surface area contributed by atoms with Crippen LogP contribution in [0.4, 0.5) is 5.95 Å². The van der Waals surface area contributed by atoms with E-state index in [4.69, 9.17) is 16.3 Å². The monoisotopic (exact) mass is 575 g/mol. The van der Waals surface area contributed by atoms with Gasteiger partial charge in [0.2, 0.25) is 5.95 Å². The van der Waals surface area contributed by atoms with Crippen LogP contribution in [0.25, 0.3) is 15.9 Å². The highest BCUT2D eigenvalue weighted by molar-refractivity contribution is 7.15. The lowest BCUT2D eigenvalue weighted by Crippen LogP contribution is -2.31. The molecule has 0 saturated heterocycles. The van der Waals surface area contributed by atoms with Gasteiger partial charge < -0.3 is 9.30 Å². The summed E-state index contributed by atoms with van der Waals surface area (Å²) in [6.45, 7) is 5.50. The number of hydrogen-bond acceptors (Lipinski definition) is 7. The molecular formula is C29H26ClN5O4S. The number of para-hydroxylation sites is 1. The van der Waals surface area contributed by atoms with E-state index in [1.165, 1.54) is 16.2 Å². The predicted octanol–water partition coefficient (Wildman–Crippen LogP) is 5.62. The Morgan fingerprint density at radius 2 is 1.73 bits per heavy atom. The normalized spacial score (nSPS) is 11.1. The standard InChI is InChI=1S/C29H26ClN5O4S/c1-5-39-25(36)16-34-23-13-9-6-10-19(23)15-24(34)27(38)33(4)29-32-31-18(3)35(29)28-21(14-17(2)40-28)26(37)20-11-7-8-12-22(20)30/h6-15H,5,16H2,1-4H3. The molecule has 9 nitrogen and oxygen atoms in total. The minimum Gasteiger partial charge on any atom is -0.465 e. The lowest BCUT2D eigenvalue weighted by Gasteiger charge is -2.19. The van der Waals surface area contributed by atoms with E-state index in [2.05, 4.69) is 10.2 Å². The van der Waals surface area contributed by atoms with Crippen molar-refractivity contribution in [2.24, 2.45) is 0 Å². The van der Waals surface area contributed by atoms with Crippen molar-refractivity contribution < 1.29 is 19.1 Å². The lowest BCUT2D eigenvalue weighted by atomic mass is 10.1. The summed E-state index contributed by atoms with van der Waals surface area (Å²) in [5.74, 6) is -0.368. The first-order chi connectivity index (χ1) is 19.2. The van der Waals surface area contributed by atoms with E-state index in [0.717, 1.165) is 15.8 Å². The molecular weight excluding hydrogens is 550 g/mol. The molecule has 0 atom stereocenters. The molecule has 0 aliphatic rings. The second kappa shape index (κ2) is 11.1. The van der Waals surface area contributed by atoms with Gasteiger partial charge in [-0.2, -0.15) is 0 Å². The molecule has 40 heavy (non-hydrogen) atoms. The van der Waals surface area contributed by atoms with Crippen molar-refractivity contribution in [2.75, 3.05) is 18.6 Å². The summed E-state index contributed by atoms with van der Waals surface area (Å²) in [6, 6.07) is 17.9. The number of thiophene rings is 1. The number of ether oxygens (including phenoxy) is 1. The van der Waals surface area contributed by atoms with Crippen LogP contribution in [0, 0.1) is 13.8 Å². The molecule has 5 rings (SSSR count). The molecule has 0 bridgehead atoms. The number of benzene rings is 2. The molecule has 5 aromatic rings. The first-order valence-electron chi connectivity index (χ1n) is 12.5. The van der Waals surface area contributed by atoms with Crippen LogP contribution in [0.2, 0.25) is 5.02 Å². The highest BCUT2D eigenvalue weighted by atomic mass is 35.5. The van der Waals surface area contributed by atoms with E-state index in [0.29, 0.717) is 32.7 Å². The highest BCUT2D eigenvalue weighted by Crippen LogP contribution is 2.33. The Hall–Kier alpha value is -4.28. The van der Waals surface area contributed by atoms with Gasteiger partial charge in [-0.3, -0.25) is 23.9 Å². The number of aromatic nitrogens is 4. The van der Waals surface area contributed by atoms with Crippen LogP contribution >= 0.6 is 22.9 Å². The minimum absolute atomic E-state index is 0.122. The van der Waals surface area contributed by atoms with Crippen molar-refractivity contribution >= 4 is 57.4 Å². The van der Waals surface area contributed by atoms with Gasteiger partial charge in [-0.05, 0) is 51.1 Å².